The minimum absolute atomic E-state index is 0.0207. The molecule has 5 heteroatoms. The maximum absolute atomic E-state index is 12.4. The van der Waals surface area contributed by atoms with Crippen LogP contribution in [0.2, 0.25) is 0 Å². The fourth-order valence-corrected chi connectivity index (χ4v) is 4.70. The Morgan fingerprint density at radius 3 is 2.57 bits per heavy atom. The van der Waals surface area contributed by atoms with Gasteiger partial charge in [0.25, 0.3) is 5.91 Å². The Morgan fingerprint density at radius 2 is 1.89 bits per heavy atom. The lowest BCUT2D eigenvalue weighted by molar-refractivity contribution is -0.128. The lowest BCUT2D eigenvalue weighted by Gasteiger charge is -2.24. The topological polar surface area (TPSA) is 49.4 Å². The smallest absolute Gasteiger partial charge is 0.251 e. The van der Waals surface area contributed by atoms with Gasteiger partial charge in [-0.15, -0.1) is 11.8 Å². The van der Waals surface area contributed by atoms with Crippen molar-refractivity contribution in [2.45, 2.75) is 44.5 Å². The molecule has 0 bridgehead atoms. The van der Waals surface area contributed by atoms with Crippen molar-refractivity contribution in [1.29, 1.82) is 0 Å². The highest BCUT2D eigenvalue weighted by Crippen LogP contribution is 2.38. The third-order valence-electron chi connectivity index (χ3n) is 5.01. The molecule has 28 heavy (non-hydrogen) atoms. The van der Waals surface area contributed by atoms with Crippen molar-refractivity contribution in [3.8, 4) is 0 Å². The molecule has 0 radical (unpaired) electrons. The molecule has 0 unspecified atom stereocenters. The molecule has 2 aromatic carbocycles. The largest absolute Gasteiger partial charge is 0.350 e. The summed E-state index contributed by atoms with van der Waals surface area (Å²) in [5.74, 6) is 0.653. The Morgan fingerprint density at radius 1 is 1.18 bits per heavy atom. The second kappa shape index (κ2) is 9.78. The van der Waals surface area contributed by atoms with Crippen LogP contribution in [-0.2, 0) is 11.2 Å². The zero-order valence-electron chi connectivity index (χ0n) is 16.6. The summed E-state index contributed by atoms with van der Waals surface area (Å²) in [6.07, 6.45) is 2.87. The fraction of sp³-hybridized carbons (Fsp3) is 0.391. The number of hydrogen-bond acceptors (Lipinski definition) is 3. The SMILES string of the molecule is CCC[C@@H](C)NC(=O)c1ccc([C@@H]2SCC(=O)N2CCc2ccccc2)cc1. The van der Waals surface area contributed by atoms with Gasteiger partial charge in [-0.05, 0) is 43.0 Å². The first kappa shape index (κ1) is 20.5. The van der Waals surface area contributed by atoms with E-state index in [-0.39, 0.29) is 23.2 Å². The van der Waals surface area contributed by atoms with E-state index in [1.165, 1.54) is 5.56 Å². The van der Waals surface area contributed by atoms with Crippen molar-refractivity contribution in [1.82, 2.24) is 10.2 Å². The van der Waals surface area contributed by atoms with Crippen molar-refractivity contribution in [3.05, 3.63) is 71.3 Å². The molecular weight excluding hydrogens is 368 g/mol. The van der Waals surface area contributed by atoms with Crippen LogP contribution in [-0.4, -0.2) is 35.1 Å². The van der Waals surface area contributed by atoms with Gasteiger partial charge < -0.3 is 10.2 Å². The summed E-state index contributed by atoms with van der Waals surface area (Å²) in [5.41, 5.74) is 2.97. The lowest BCUT2D eigenvalue weighted by Crippen LogP contribution is -2.32. The normalized spacial score (nSPS) is 17.6. The quantitative estimate of drug-likeness (QED) is 0.718. The van der Waals surface area contributed by atoms with Crippen LogP contribution in [0.5, 0.6) is 0 Å². The summed E-state index contributed by atoms with van der Waals surface area (Å²) in [5, 5.41) is 3.05. The van der Waals surface area contributed by atoms with Crippen LogP contribution in [0.3, 0.4) is 0 Å². The first-order chi connectivity index (χ1) is 13.6. The van der Waals surface area contributed by atoms with E-state index in [0.29, 0.717) is 17.9 Å². The van der Waals surface area contributed by atoms with Gasteiger partial charge in [-0.2, -0.15) is 0 Å². The van der Waals surface area contributed by atoms with E-state index in [1.54, 1.807) is 11.8 Å². The Labute approximate surface area is 171 Å². The molecule has 1 saturated heterocycles. The van der Waals surface area contributed by atoms with E-state index in [9.17, 15) is 9.59 Å². The van der Waals surface area contributed by atoms with Gasteiger partial charge in [-0.3, -0.25) is 9.59 Å². The second-order valence-electron chi connectivity index (χ2n) is 7.27. The number of hydrogen-bond donors (Lipinski definition) is 1. The highest BCUT2D eigenvalue weighted by Gasteiger charge is 2.32. The van der Waals surface area contributed by atoms with Gasteiger partial charge >= 0.3 is 0 Å². The molecule has 1 fully saturated rings. The van der Waals surface area contributed by atoms with Crippen molar-refractivity contribution in [2.75, 3.05) is 12.3 Å². The van der Waals surface area contributed by atoms with Crippen LogP contribution < -0.4 is 5.32 Å². The molecule has 0 aromatic heterocycles. The Bertz CT molecular complexity index is 792. The van der Waals surface area contributed by atoms with Crippen LogP contribution >= 0.6 is 11.8 Å². The molecule has 2 amide bonds. The molecule has 2 aromatic rings. The zero-order chi connectivity index (χ0) is 19.9. The molecule has 1 N–H and O–H groups in total. The average molecular weight is 397 g/mol. The Hall–Kier alpha value is -2.27. The average Bonchev–Trinajstić information content (AvgIpc) is 3.08. The summed E-state index contributed by atoms with van der Waals surface area (Å²) < 4.78 is 0. The minimum atomic E-state index is -0.0383. The number of carbonyl (C=O) groups is 2. The molecule has 0 spiro atoms. The van der Waals surface area contributed by atoms with Gasteiger partial charge in [0, 0.05) is 18.2 Å². The number of nitrogens with zero attached hydrogens (tertiary/aromatic N) is 1. The third kappa shape index (κ3) is 5.16. The Kier molecular flexibility index (Phi) is 7.15. The lowest BCUT2D eigenvalue weighted by atomic mass is 10.1. The van der Waals surface area contributed by atoms with Crippen LogP contribution in [0.4, 0.5) is 0 Å². The number of benzene rings is 2. The van der Waals surface area contributed by atoms with Gasteiger partial charge in [0.1, 0.15) is 5.37 Å². The first-order valence-corrected chi connectivity index (χ1v) is 11.0. The minimum Gasteiger partial charge on any atom is -0.350 e. The van der Waals surface area contributed by atoms with E-state index in [4.69, 9.17) is 0 Å². The van der Waals surface area contributed by atoms with Crippen LogP contribution in [0, 0.1) is 0 Å². The highest BCUT2D eigenvalue weighted by atomic mass is 32.2. The molecule has 2 atom stereocenters. The zero-order valence-corrected chi connectivity index (χ0v) is 17.4. The summed E-state index contributed by atoms with van der Waals surface area (Å²) in [6, 6.07) is 18.1. The summed E-state index contributed by atoms with van der Waals surface area (Å²) in [6.45, 7) is 4.85. The second-order valence-corrected chi connectivity index (χ2v) is 8.34. The van der Waals surface area contributed by atoms with E-state index < -0.39 is 0 Å². The summed E-state index contributed by atoms with van der Waals surface area (Å²) >= 11 is 1.65. The van der Waals surface area contributed by atoms with Crippen LogP contribution in [0.15, 0.2) is 54.6 Å². The predicted octanol–water partition coefficient (Wildman–Crippen LogP) is 4.42. The molecule has 3 rings (SSSR count). The van der Waals surface area contributed by atoms with Gasteiger partial charge in [0.15, 0.2) is 0 Å². The number of thioether (sulfide) groups is 1. The number of rotatable bonds is 8. The van der Waals surface area contributed by atoms with Crippen LogP contribution in [0.1, 0.15) is 53.5 Å². The highest BCUT2D eigenvalue weighted by molar-refractivity contribution is 8.00. The molecule has 1 heterocycles. The number of carbonyl (C=O) groups excluding carboxylic acids is 2. The van der Waals surface area contributed by atoms with E-state index >= 15 is 0 Å². The predicted molar refractivity (Wildman–Crippen MR) is 115 cm³/mol. The summed E-state index contributed by atoms with van der Waals surface area (Å²) in [4.78, 5) is 26.7. The Balaban J connectivity index is 1.64. The van der Waals surface area contributed by atoms with Crippen molar-refractivity contribution < 1.29 is 9.59 Å². The van der Waals surface area contributed by atoms with Gasteiger partial charge in [-0.1, -0.05) is 55.8 Å². The molecule has 1 aliphatic rings. The maximum atomic E-state index is 12.4. The van der Waals surface area contributed by atoms with Crippen molar-refractivity contribution >= 4 is 23.6 Å². The summed E-state index contributed by atoms with van der Waals surface area (Å²) in [7, 11) is 0. The molecule has 1 aliphatic heterocycles. The monoisotopic (exact) mass is 396 g/mol. The molecule has 0 saturated carbocycles. The molecule has 0 aliphatic carbocycles. The molecule has 148 valence electrons. The molecule has 4 nitrogen and oxygen atoms in total. The first-order valence-electron chi connectivity index (χ1n) is 9.94. The third-order valence-corrected chi connectivity index (χ3v) is 6.27. The van der Waals surface area contributed by atoms with Gasteiger partial charge in [0.05, 0.1) is 5.75 Å². The number of nitrogens with one attached hydrogen (secondary N) is 1. The molecular formula is C23H28N2O2S. The van der Waals surface area contributed by atoms with E-state index in [2.05, 4.69) is 24.4 Å². The van der Waals surface area contributed by atoms with Crippen molar-refractivity contribution in [2.24, 2.45) is 0 Å². The van der Waals surface area contributed by atoms with Crippen molar-refractivity contribution in [3.63, 3.8) is 0 Å². The number of amides is 2. The standard InChI is InChI=1S/C23H28N2O2S/c1-3-7-17(2)24-22(27)19-10-12-20(13-11-19)23-25(21(26)16-28-23)15-14-18-8-5-4-6-9-18/h4-6,8-13,17,23H,3,7,14-16H2,1-2H3,(H,24,27)/t17-,23+/m1/s1. The van der Waals surface area contributed by atoms with Gasteiger partial charge in [-0.25, -0.2) is 0 Å². The van der Waals surface area contributed by atoms with Crippen LogP contribution in [0.25, 0.3) is 0 Å². The van der Waals surface area contributed by atoms with Gasteiger partial charge in [0.2, 0.25) is 5.91 Å². The van der Waals surface area contributed by atoms with E-state index in [1.807, 2.05) is 54.3 Å². The fourth-order valence-electron chi connectivity index (χ4n) is 3.48. The van der Waals surface area contributed by atoms with E-state index in [0.717, 1.165) is 24.8 Å². The maximum Gasteiger partial charge on any atom is 0.251 e.